The number of likely N-dealkylation sites (N-methyl/N-ethyl adjacent to an activating group) is 1. The molecule has 1 aromatic heterocycles. The van der Waals surface area contributed by atoms with Gasteiger partial charge in [0.2, 0.25) is 17.7 Å². The number of fused-ring (bicyclic) bond motifs is 3. The molecule has 12 heteroatoms. The molecule has 214 valence electrons. The number of carbonyl (C=O) groups excluding carboxylic acids is 4. The molecule has 0 spiro atoms. The summed E-state index contributed by atoms with van der Waals surface area (Å²) in [6, 6.07) is 15.0. The van der Waals surface area contributed by atoms with Gasteiger partial charge in [-0.15, -0.1) is 0 Å². The Balaban J connectivity index is 1.45. The number of hydrogen-bond acceptors (Lipinski definition) is 8. The lowest BCUT2D eigenvalue weighted by Gasteiger charge is -2.38. The Morgan fingerprint density at radius 2 is 1.66 bits per heavy atom. The second-order valence-electron chi connectivity index (χ2n) is 10.3. The van der Waals surface area contributed by atoms with Gasteiger partial charge in [-0.1, -0.05) is 42.5 Å². The number of aromatic nitrogens is 2. The maximum Gasteiger partial charge on any atom is 0.251 e. The van der Waals surface area contributed by atoms with Gasteiger partial charge >= 0.3 is 0 Å². The van der Waals surface area contributed by atoms with Crippen LogP contribution in [-0.4, -0.2) is 96.0 Å². The number of ether oxygens (including phenoxy) is 1. The summed E-state index contributed by atoms with van der Waals surface area (Å²) < 4.78 is 6.15. The van der Waals surface area contributed by atoms with Crippen molar-refractivity contribution in [2.24, 2.45) is 0 Å². The van der Waals surface area contributed by atoms with Gasteiger partial charge in [-0.25, -0.2) is 4.98 Å². The van der Waals surface area contributed by atoms with Gasteiger partial charge in [0.15, 0.2) is 6.10 Å². The van der Waals surface area contributed by atoms with E-state index >= 15 is 0 Å². The second kappa shape index (κ2) is 12.3. The number of nitrogens with one attached hydrogen (secondary N) is 3. The number of morpholine rings is 1. The van der Waals surface area contributed by atoms with Crippen LogP contribution in [0.2, 0.25) is 0 Å². The summed E-state index contributed by atoms with van der Waals surface area (Å²) in [5, 5.41) is 8.30. The van der Waals surface area contributed by atoms with E-state index in [2.05, 4.69) is 20.9 Å². The van der Waals surface area contributed by atoms with Gasteiger partial charge in [0.25, 0.3) is 5.91 Å². The van der Waals surface area contributed by atoms with Crippen LogP contribution in [0, 0.1) is 0 Å². The van der Waals surface area contributed by atoms with Crippen molar-refractivity contribution in [1.82, 2.24) is 30.8 Å². The van der Waals surface area contributed by atoms with E-state index in [1.165, 1.54) is 11.9 Å². The third-order valence-electron chi connectivity index (χ3n) is 7.15. The summed E-state index contributed by atoms with van der Waals surface area (Å²) >= 11 is 0. The highest BCUT2D eigenvalue weighted by Gasteiger charge is 2.36. The van der Waals surface area contributed by atoms with Crippen LogP contribution in [-0.2, 0) is 30.3 Å². The van der Waals surface area contributed by atoms with Crippen LogP contribution in [0.4, 0.5) is 5.82 Å². The molecule has 4 amide bonds. The fourth-order valence-corrected chi connectivity index (χ4v) is 4.98. The molecule has 2 aromatic carbocycles. The van der Waals surface area contributed by atoms with Gasteiger partial charge in [0.1, 0.15) is 17.9 Å². The molecule has 2 aliphatic heterocycles. The summed E-state index contributed by atoms with van der Waals surface area (Å²) in [5.41, 5.74) is 2.30. The molecule has 3 N–H and O–H groups in total. The number of hydrogen-bond donors (Lipinski definition) is 3. The van der Waals surface area contributed by atoms with Crippen LogP contribution in [0.5, 0.6) is 0 Å². The van der Waals surface area contributed by atoms with Crippen molar-refractivity contribution in [2.75, 3.05) is 38.1 Å². The van der Waals surface area contributed by atoms with E-state index in [-0.39, 0.29) is 26.1 Å². The Kier molecular flexibility index (Phi) is 8.39. The maximum atomic E-state index is 13.6. The SMILES string of the molecule is C[C@H]1NC(=O)CN(C)C(=O)[C@@H](Cc2ccccc2)NC(=O)[C@H]2CN(c3cnc4ccccc4n3)C[C@H](CNC1=O)O2. The average molecular weight is 560 g/mol. The zero-order valence-corrected chi connectivity index (χ0v) is 22.9. The predicted molar refractivity (Wildman–Crippen MR) is 151 cm³/mol. The van der Waals surface area contributed by atoms with E-state index in [1.54, 1.807) is 13.1 Å². The van der Waals surface area contributed by atoms with Crippen LogP contribution in [0.1, 0.15) is 12.5 Å². The first kappa shape index (κ1) is 28.0. The topological polar surface area (TPSA) is 146 Å². The molecule has 2 saturated heterocycles. The molecule has 41 heavy (non-hydrogen) atoms. The number of anilines is 1. The number of carbonyl (C=O) groups is 4. The molecule has 2 fully saturated rings. The number of benzene rings is 2. The van der Waals surface area contributed by atoms with Gasteiger partial charge in [-0.05, 0) is 24.6 Å². The number of nitrogens with zero attached hydrogens (tertiary/aromatic N) is 4. The fourth-order valence-electron chi connectivity index (χ4n) is 4.98. The van der Waals surface area contributed by atoms with Gasteiger partial charge in [-0.3, -0.25) is 24.2 Å². The molecule has 0 saturated carbocycles. The minimum absolute atomic E-state index is 0.104. The molecule has 0 radical (unpaired) electrons. The molecule has 0 unspecified atom stereocenters. The Labute approximate surface area is 237 Å². The smallest absolute Gasteiger partial charge is 0.251 e. The molecular weight excluding hydrogens is 526 g/mol. The van der Waals surface area contributed by atoms with Gasteiger partial charge in [0.05, 0.1) is 36.4 Å². The van der Waals surface area contributed by atoms with Crippen LogP contribution >= 0.6 is 0 Å². The van der Waals surface area contributed by atoms with Crippen LogP contribution in [0.15, 0.2) is 60.8 Å². The standard InChI is InChI=1S/C29H33N7O5/c1-18-27(38)31-13-20-15-36(25-14-30-21-10-6-7-11-22(21)33-25)16-24(41-20)28(39)34-23(12-19-8-4-3-5-9-19)29(40)35(2)17-26(37)32-18/h3-11,14,18,20,23-24H,12-13,15-17H2,1-2H3,(H,31,38)(H,32,37)(H,34,39)/t18-,20+,23-,24-/m1/s1. The van der Waals surface area contributed by atoms with Gasteiger partial charge < -0.3 is 30.5 Å². The van der Waals surface area contributed by atoms with Crippen molar-refractivity contribution in [1.29, 1.82) is 0 Å². The van der Waals surface area contributed by atoms with Gasteiger partial charge in [0, 0.05) is 26.6 Å². The van der Waals surface area contributed by atoms with Crippen molar-refractivity contribution < 1.29 is 23.9 Å². The Bertz CT molecular complexity index is 1440. The van der Waals surface area contributed by atoms with Crippen molar-refractivity contribution in [3.8, 4) is 0 Å². The summed E-state index contributed by atoms with van der Waals surface area (Å²) in [6.07, 6.45) is 0.340. The normalized spacial score (nSPS) is 24.6. The van der Waals surface area contributed by atoms with E-state index in [0.717, 1.165) is 11.1 Å². The fraction of sp³-hybridized carbons (Fsp3) is 0.379. The van der Waals surface area contributed by atoms with E-state index in [4.69, 9.17) is 9.72 Å². The predicted octanol–water partition coefficient (Wildman–Crippen LogP) is 0.0240. The quantitative estimate of drug-likeness (QED) is 0.407. The zero-order valence-electron chi connectivity index (χ0n) is 22.9. The molecule has 2 aliphatic rings. The molecule has 4 atom stereocenters. The molecule has 5 rings (SSSR count). The first-order valence-electron chi connectivity index (χ1n) is 13.6. The van der Waals surface area contributed by atoms with Crippen molar-refractivity contribution in [2.45, 2.75) is 37.6 Å². The summed E-state index contributed by atoms with van der Waals surface area (Å²) in [7, 11) is 1.49. The minimum atomic E-state index is -0.961. The monoisotopic (exact) mass is 559 g/mol. The first-order valence-corrected chi connectivity index (χ1v) is 13.6. The maximum absolute atomic E-state index is 13.6. The molecule has 0 aliphatic carbocycles. The largest absolute Gasteiger partial charge is 0.360 e. The Morgan fingerprint density at radius 1 is 0.927 bits per heavy atom. The molecular formula is C29H33N7O5. The summed E-state index contributed by atoms with van der Waals surface area (Å²) in [6.45, 7) is 1.91. The molecule has 3 aromatic rings. The van der Waals surface area contributed by atoms with Crippen LogP contribution in [0.3, 0.4) is 0 Å². The van der Waals surface area contributed by atoms with E-state index < -0.39 is 47.9 Å². The molecule has 3 heterocycles. The summed E-state index contributed by atoms with van der Waals surface area (Å²) in [4.78, 5) is 64.9. The van der Waals surface area contributed by atoms with Crippen LogP contribution in [0.25, 0.3) is 11.0 Å². The van der Waals surface area contributed by atoms with E-state index in [1.807, 2.05) is 59.5 Å². The first-order chi connectivity index (χ1) is 19.8. The highest BCUT2D eigenvalue weighted by atomic mass is 16.5. The number of rotatable bonds is 3. The number of amides is 4. The van der Waals surface area contributed by atoms with E-state index in [9.17, 15) is 19.2 Å². The highest BCUT2D eigenvalue weighted by Crippen LogP contribution is 2.21. The zero-order chi connectivity index (χ0) is 28.9. The van der Waals surface area contributed by atoms with Crippen molar-refractivity contribution in [3.05, 3.63) is 66.4 Å². The summed E-state index contributed by atoms with van der Waals surface area (Å²) in [5.74, 6) is -1.24. The van der Waals surface area contributed by atoms with E-state index in [0.29, 0.717) is 17.9 Å². The van der Waals surface area contributed by atoms with Crippen molar-refractivity contribution in [3.63, 3.8) is 0 Å². The van der Waals surface area contributed by atoms with Gasteiger partial charge in [-0.2, -0.15) is 0 Å². The second-order valence-corrected chi connectivity index (χ2v) is 10.3. The average Bonchev–Trinajstić information content (AvgIpc) is 2.98. The molecule has 2 bridgehead atoms. The van der Waals surface area contributed by atoms with Crippen LogP contribution < -0.4 is 20.9 Å². The minimum Gasteiger partial charge on any atom is -0.360 e. The lowest BCUT2D eigenvalue weighted by molar-refractivity contribution is -0.143. The third-order valence-corrected chi connectivity index (χ3v) is 7.15. The molecule has 12 nitrogen and oxygen atoms in total. The van der Waals surface area contributed by atoms with Crippen molar-refractivity contribution >= 4 is 40.5 Å². The lowest BCUT2D eigenvalue weighted by Crippen LogP contribution is -2.59. The number of para-hydroxylation sites is 2. The third kappa shape index (κ3) is 6.77. The Hall–Kier alpha value is -4.58. The highest BCUT2D eigenvalue weighted by molar-refractivity contribution is 5.93. The lowest BCUT2D eigenvalue weighted by atomic mass is 10.0. The Morgan fingerprint density at radius 3 is 2.44 bits per heavy atom.